The molecule has 0 fully saturated rings. The Hall–Kier alpha value is -1.89. The van der Waals surface area contributed by atoms with Crippen LogP contribution in [0, 0.1) is 0 Å². The minimum Gasteiger partial charge on any atom is -0.480 e. The molecule has 1 aromatic rings. The fraction of sp³-hybridized carbons (Fsp3) is 0.429. The molecule has 1 rings (SSSR count). The third kappa shape index (κ3) is 6.89. The van der Waals surface area contributed by atoms with Crippen molar-refractivity contribution < 1.29 is 23.1 Å². The van der Waals surface area contributed by atoms with Crippen molar-refractivity contribution in [3.63, 3.8) is 0 Å². The van der Waals surface area contributed by atoms with Crippen molar-refractivity contribution in [2.75, 3.05) is 11.5 Å². The van der Waals surface area contributed by atoms with E-state index in [-0.39, 0.29) is 5.75 Å². The maximum atomic E-state index is 11.9. The summed E-state index contributed by atoms with van der Waals surface area (Å²) in [4.78, 5) is 21.8. The third-order valence-electron chi connectivity index (χ3n) is 2.86. The molecule has 1 amide bonds. The number of aliphatic carboxylic acids is 1. The summed E-state index contributed by atoms with van der Waals surface area (Å²) in [7, 11) is -3.54. The van der Waals surface area contributed by atoms with E-state index in [9.17, 15) is 18.0 Å². The monoisotopic (exact) mass is 313 g/mol. The number of sulfone groups is 1. The molecular formula is C14H19NO5S. The van der Waals surface area contributed by atoms with E-state index >= 15 is 0 Å². The molecule has 7 heteroatoms. The van der Waals surface area contributed by atoms with Gasteiger partial charge < -0.3 is 10.4 Å². The third-order valence-corrected chi connectivity index (χ3v) is 4.61. The van der Waals surface area contributed by atoms with Crippen molar-refractivity contribution in [3.05, 3.63) is 35.9 Å². The standard InChI is InChI=1S/C14H19NO5S/c1-11(16)15-13(14(17)18)10-21(19,20)9-5-8-12-6-3-2-4-7-12/h2-4,6-7,13H,5,8-10H2,1H3,(H,15,16)(H,17,18)/t13-/m0/s1. The van der Waals surface area contributed by atoms with E-state index in [1.165, 1.54) is 0 Å². The zero-order valence-electron chi connectivity index (χ0n) is 11.8. The average Bonchev–Trinajstić information content (AvgIpc) is 2.38. The Morgan fingerprint density at radius 2 is 1.86 bits per heavy atom. The van der Waals surface area contributed by atoms with Gasteiger partial charge in [-0.05, 0) is 18.4 Å². The number of aryl methyl sites for hydroxylation is 1. The molecule has 0 aliphatic carbocycles. The lowest BCUT2D eigenvalue weighted by Gasteiger charge is -2.13. The normalized spacial score (nSPS) is 12.6. The first kappa shape index (κ1) is 17.2. The molecule has 0 aromatic heterocycles. The minimum absolute atomic E-state index is 0.106. The van der Waals surface area contributed by atoms with Gasteiger partial charge in [0.25, 0.3) is 0 Å². The highest BCUT2D eigenvalue weighted by atomic mass is 32.2. The second-order valence-electron chi connectivity index (χ2n) is 4.79. The highest BCUT2D eigenvalue weighted by Crippen LogP contribution is 2.05. The zero-order valence-corrected chi connectivity index (χ0v) is 12.6. The van der Waals surface area contributed by atoms with Crippen LogP contribution in [0.5, 0.6) is 0 Å². The van der Waals surface area contributed by atoms with E-state index in [1.807, 2.05) is 30.3 Å². The molecular weight excluding hydrogens is 294 g/mol. The smallest absolute Gasteiger partial charge is 0.327 e. The molecule has 0 spiro atoms. The number of carbonyl (C=O) groups is 2. The molecule has 0 heterocycles. The van der Waals surface area contributed by atoms with Crippen molar-refractivity contribution >= 4 is 21.7 Å². The fourth-order valence-electron chi connectivity index (χ4n) is 1.90. The van der Waals surface area contributed by atoms with Crippen molar-refractivity contribution in [2.24, 2.45) is 0 Å². The van der Waals surface area contributed by atoms with E-state index in [0.29, 0.717) is 12.8 Å². The van der Waals surface area contributed by atoms with E-state index in [0.717, 1.165) is 12.5 Å². The quantitative estimate of drug-likeness (QED) is 0.733. The van der Waals surface area contributed by atoms with Crippen LogP contribution in [0.15, 0.2) is 30.3 Å². The first-order valence-corrected chi connectivity index (χ1v) is 8.36. The number of amides is 1. The van der Waals surface area contributed by atoms with E-state index in [2.05, 4.69) is 5.32 Å². The molecule has 6 nitrogen and oxygen atoms in total. The summed E-state index contributed by atoms with van der Waals surface area (Å²) in [6.07, 6.45) is 1.02. The summed E-state index contributed by atoms with van der Waals surface area (Å²) in [5.74, 6) is -2.61. The number of hydrogen-bond acceptors (Lipinski definition) is 4. The Labute approximate surface area is 124 Å². The number of hydrogen-bond donors (Lipinski definition) is 2. The number of carboxylic acids is 1. The van der Waals surface area contributed by atoms with Gasteiger partial charge in [-0.3, -0.25) is 4.79 Å². The van der Waals surface area contributed by atoms with Crippen LogP contribution >= 0.6 is 0 Å². The van der Waals surface area contributed by atoms with Gasteiger partial charge in [0.05, 0.1) is 11.5 Å². The van der Waals surface area contributed by atoms with Gasteiger partial charge in [-0.15, -0.1) is 0 Å². The van der Waals surface area contributed by atoms with Gasteiger partial charge >= 0.3 is 5.97 Å². The lowest BCUT2D eigenvalue weighted by Crippen LogP contribution is -2.44. The Balaban J connectivity index is 2.52. The van der Waals surface area contributed by atoms with Crippen LogP contribution in [0.4, 0.5) is 0 Å². The number of nitrogens with one attached hydrogen (secondary N) is 1. The van der Waals surface area contributed by atoms with Crippen LogP contribution in [0.1, 0.15) is 18.9 Å². The predicted octanol–water partition coefficient (Wildman–Crippen LogP) is 0.623. The zero-order chi connectivity index (χ0) is 15.9. The Bertz CT molecular complexity index is 583. The van der Waals surface area contributed by atoms with Gasteiger partial charge in [-0.1, -0.05) is 30.3 Å². The van der Waals surface area contributed by atoms with Crippen LogP contribution in [-0.2, 0) is 25.8 Å². The topological polar surface area (TPSA) is 101 Å². The Morgan fingerprint density at radius 3 is 2.38 bits per heavy atom. The van der Waals surface area contributed by atoms with Gasteiger partial charge in [-0.2, -0.15) is 0 Å². The summed E-state index contributed by atoms with van der Waals surface area (Å²) in [5.41, 5.74) is 1.03. The van der Waals surface area contributed by atoms with Gasteiger partial charge in [0, 0.05) is 6.92 Å². The first-order valence-electron chi connectivity index (χ1n) is 6.54. The van der Waals surface area contributed by atoms with Gasteiger partial charge in [0.15, 0.2) is 9.84 Å². The molecule has 0 saturated heterocycles. The number of carboxylic acid groups (broad SMARTS) is 1. The van der Waals surface area contributed by atoms with Crippen LogP contribution in [-0.4, -0.2) is 42.9 Å². The molecule has 2 N–H and O–H groups in total. The molecule has 0 radical (unpaired) electrons. The lowest BCUT2D eigenvalue weighted by atomic mass is 10.1. The maximum Gasteiger partial charge on any atom is 0.327 e. The van der Waals surface area contributed by atoms with Gasteiger partial charge in [0.2, 0.25) is 5.91 Å². The minimum atomic E-state index is -3.54. The molecule has 0 saturated carbocycles. The van der Waals surface area contributed by atoms with Crippen LogP contribution in [0.2, 0.25) is 0 Å². The highest BCUT2D eigenvalue weighted by molar-refractivity contribution is 7.91. The molecule has 1 aromatic carbocycles. The SMILES string of the molecule is CC(=O)N[C@@H](CS(=O)(=O)CCCc1ccccc1)C(=O)O. The lowest BCUT2D eigenvalue weighted by molar-refractivity contribution is -0.140. The van der Waals surface area contributed by atoms with Gasteiger partial charge in [-0.25, -0.2) is 13.2 Å². The summed E-state index contributed by atoms with van der Waals surface area (Å²) >= 11 is 0. The highest BCUT2D eigenvalue weighted by Gasteiger charge is 2.25. The second-order valence-corrected chi connectivity index (χ2v) is 7.02. The number of benzene rings is 1. The molecule has 0 aliphatic heterocycles. The van der Waals surface area contributed by atoms with Crippen LogP contribution in [0.25, 0.3) is 0 Å². The summed E-state index contributed by atoms with van der Waals surface area (Å²) in [6, 6.07) is 8.05. The Morgan fingerprint density at radius 1 is 1.24 bits per heavy atom. The number of rotatable bonds is 8. The van der Waals surface area contributed by atoms with E-state index < -0.39 is 33.5 Å². The molecule has 116 valence electrons. The molecule has 0 unspecified atom stereocenters. The van der Waals surface area contributed by atoms with Gasteiger partial charge in [0.1, 0.15) is 6.04 Å². The van der Waals surface area contributed by atoms with Crippen LogP contribution in [0.3, 0.4) is 0 Å². The van der Waals surface area contributed by atoms with E-state index in [4.69, 9.17) is 5.11 Å². The molecule has 1 atom stereocenters. The average molecular weight is 313 g/mol. The predicted molar refractivity (Wildman–Crippen MR) is 78.7 cm³/mol. The summed E-state index contributed by atoms with van der Waals surface area (Å²) in [5, 5.41) is 11.0. The summed E-state index contributed by atoms with van der Waals surface area (Å²) in [6.45, 7) is 1.15. The maximum absolute atomic E-state index is 11.9. The summed E-state index contributed by atoms with van der Waals surface area (Å²) < 4.78 is 23.8. The van der Waals surface area contributed by atoms with Crippen molar-refractivity contribution in [2.45, 2.75) is 25.8 Å². The van der Waals surface area contributed by atoms with Crippen molar-refractivity contribution in [1.29, 1.82) is 0 Å². The number of carbonyl (C=O) groups excluding carboxylic acids is 1. The molecule has 0 aliphatic rings. The van der Waals surface area contributed by atoms with Crippen LogP contribution < -0.4 is 5.32 Å². The van der Waals surface area contributed by atoms with Crippen molar-refractivity contribution in [3.8, 4) is 0 Å². The van der Waals surface area contributed by atoms with Crippen molar-refractivity contribution in [1.82, 2.24) is 5.32 Å². The molecule has 21 heavy (non-hydrogen) atoms. The fourth-order valence-corrected chi connectivity index (χ4v) is 3.38. The second kappa shape index (κ2) is 7.78. The largest absolute Gasteiger partial charge is 0.480 e. The first-order chi connectivity index (χ1) is 9.80. The molecule has 0 bridgehead atoms. The van der Waals surface area contributed by atoms with E-state index in [1.54, 1.807) is 0 Å². The Kier molecular flexibility index (Phi) is 6.36.